The third kappa shape index (κ3) is 23.7. The van der Waals surface area contributed by atoms with Crippen LogP contribution in [0.1, 0.15) is 218 Å². The number of para-hydroxylation sites is 1. The molecule has 0 fully saturated rings. The molecule has 0 N–H and O–H groups in total. The average Bonchev–Trinajstić information content (AvgIpc) is 3.15. The monoisotopic (exact) mass is 817 g/mol. The van der Waals surface area contributed by atoms with Gasteiger partial charge in [-0.2, -0.15) is 0 Å². The molecule has 0 radical (unpaired) electrons. The van der Waals surface area contributed by atoms with Crippen LogP contribution in [0, 0.1) is 0 Å². The van der Waals surface area contributed by atoms with Crippen molar-refractivity contribution in [2.45, 2.75) is 221 Å². The second-order valence-electron chi connectivity index (χ2n) is 15.5. The summed E-state index contributed by atoms with van der Waals surface area (Å²) in [6.45, 7) is 11.5. The smallest absolute Gasteiger partial charge is 0.0665 e. The molecule has 2 nitrogen and oxygen atoms in total. The molecule has 0 amide bonds. The van der Waals surface area contributed by atoms with E-state index in [9.17, 15) is 0 Å². The Kier molecular flexibility index (Phi) is 32.2. The number of nitrogens with zero attached hydrogens (tertiary/aromatic N) is 2. The zero-order chi connectivity index (χ0) is 37.3. The standard InChI is InChI=1S/C50H82N2.Pd/c1-6-11-14-16-18-19-20-21-22-23-24-25-26-27-28-30-36-45-37-32-33-39-48(45)52-50(40-31-29-17-15-12-7-2)49(38-13-8-3)51-47-42-41-44(34-9-4)46(43-47)35-10-5;/h26-27,32-33,37,39,41-43H,6-25,28-31,34-36,38,40H2,1-5H3;/b27-26+,51-49+,52-50+;. The Labute approximate surface area is 343 Å². The molecule has 0 aliphatic carbocycles. The number of aliphatic imine (C=N–C) groups is 2. The number of unbranched alkanes of at least 4 members (excludes halogenated alkanes) is 18. The van der Waals surface area contributed by atoms with Gasteiger partial charge >= 0.3 is 0 Å². The van der Waals surface area contributed by atoms with Gasteiger partial charge in [0.05, 0.1) is 22.8 Å². The van der Waals surface area contributed by atoms with E-state index in [2.05, 4.69) is 89.2 Å². The molecule has 0 saturated heterocycles. The van der Waals surface area contributed by atoms with E-state index in [4.69, 9.17) is 9.98 Å². The van der Waals surface area contributed by atoms with E-state index in [1.54, 1.807) is 0 Å². The van der Waals surface area contributed by atoms with E-state index >= 15 is 0 Å². The van der Waals surface area contributed by atoms with Crippen LogP contribution >= 0.6 is 0 Å². The van der Waals surface area contributed by atoms with Crippen LogP contribution in [-0.4, -0.2) is 11.4 Å². The molecule has 3 heteroatoms. The van der Waals surface area contributed by atoms with Crippen molar-refractivity contribution in [3.8, 4) is 0 Å². The van der Waals surface area contributed by atoms with Gasteiger partial charge in [-0.05, 0) is 106 Å². The third-order valence-electron chi connectivity index (χ3n) is 10.6. The van der Waals surface area contributed by atoms with Gasteiger partial charge < -0.3 is 0 Å². The number of benzene rings is 2. The van der Waals surface area contributed by atoms with Crippen molar-refractivity contribution in [3.05, 3.63) is 71.3 Å². The second kappa shape index (κ2) is 34.7. The quantitative estimate of drug-likeness (QED) is 0.0297. The molecular weight excluding hydrogens is 735 g/mol. The van der Waals surface area contributed by atoms with Crippen molar-refractivity contribution in [2.75, 3.05) is 0 Å². The first-order valence-corrected chi connectivity index (χ1v) is 22.7. The minimum atomic E-state index is 0. The van der Waals surface area contributed by atoms with Crippen LogP contribution in [0.15, 0.2) is 64.6 Å². The Hall–Kier alpha value is -1.82. The maximum atomic E-state index is 5.51. The van der Waals surface area contributed by atoms with Gasteiger partial charge in [0, 0.05) is 20.4 Å². The Morgan fingerprint density at radius 1 is 0.434 bits per heavy atom. The summed E-state index contributed by atoms with van der Waals surface area (Å²) in [6, 6.07) is 15.9. The van der Waals surface area contributed by atoms with Crippen molar-refractivity contribution in [3.63, 3.8) is 0 Å². The summed E-state index contributed by atoms with van der Waals surface area (Å²) in [4.78, 5) is 10.9. The van der Waals surface area contributed by atoms with Gasteiger partial charge in [-0.25, -0.2) is 0 Å². The molecule has 0 aliphatic heterocycles. The van der Waals surface area contributed by atoms with E-state index in [1.807, 2.05) is 0 Å². The second-order valence-corrected chi connectivity index (χ2v) is 15.5. The average molecular weight is 818 g/mol. The number of hydrogen-bond donors (Lipinski definition) is 0. The summed E-state index contributed by atoms with van der Waals surface area (Å²) < 4.78 is 0. The summed E-state index contributed by atoms with van der Waals surface area (Å²) in [7, 11) is 0. The molecule has 0 aliphatic rings. The fourth-order valence-corrected chi connectivity index (χ4v) is 7.35. The molecule has 302 valence electrons. The molecule has 2 aromatic rings. The Bertz CT molecular complexity index is 1240. The molecule has 0 heterocycles. The minimum Gasteiger partial charge on any atom is -0.252 e. The SMILES string of the molecule is CCCCCCCCCCCCC/C=C/CCCc1ccccc1/N=C(CCCCCCCC)/C(CCCC)=N/c1ccc(CCC)c(CCC)c1.[Pd]. The number of aryl methyl sites for hydroxylation is 3. The maximum Gasteiger partial charge on any atom is 0.0665 e. The zero-order valence-corrected chi connectivity index (χ0v) is 37.0. The Morgan fingerprint density at radius 2 is 0.943 bits per heavy atom. The normalized spacial score (nSPS) is 12.2. The van der Waals surface area contributed by atoms with Crippen LogP contribution in [0.2, 0.25) is 0 Å². The molecular formula is C50H82N2Pd. The van der Waals surface area contributed by atoms with Crippen molar-refractivity contribution >= 4 is 22.8 Å². The summed E-state index contributed by atoms with van der Waals surface area (Å²) >= 11 is 0. The van der Waals surface area contributed by atoms with Gasteiger partial charge in [0.1, 0.15) is 0 Å². The van der Waals surface area contributed by atoms with Crippen molar-refractivity contribution in [2.24, 2.45) is 9.98 Å². The number of allylic oxidation sites excluding steroid dienone is 2. The molecule has 0 atom stereocenters. The topological polar surface area (TPSA) is 24.7 Å². The van der Waals surface area contributed by atoms with E-state index in [-0.39, 0.29) is 20.4 Å². The van der Waals surface area contributed by atoms with E-state index in [0.717, 1.165) is 56.3 Å². The summed E-state index contributed by atoms with van der Waals surface area (Å²) in [5.74, 6) is 0. The first-order valence-electron chi connectivity index (χ1n) is 22.7. The molecule has 2 aromatic carbocycles. The van der Waals surface area contributed by atoms with Gasteiger partial charge in [0.2, 0.25) is 0 Å². The molecule has 0 saturated carbocycles. The molecule has 0 aromatic heterocycles. The fraction of sp³-hybridized carbons (Fsp3) is 0.680. The predicted molar refractivity (Wildman–Crippen MR) is 236 cm³/mol. The van der Waals surface area contributed by atoms with Gasteiger partial charge in [0.15, 0.2) is 0 Å². The minimum absolute atomic E-state index is 0. The van der Waals surface area contributed by atoms with Crippen molar-refractivity contribution < 1.29 is 20.4 Å². The van der Waals surface area contributed by atoms with Crippen LogP contribution < -0.4 is 0 Å². The fourth-order valence-electron chi connectivity index (χ4n) is 7.35. The van der Waals surface area contributed by atoms with Gasteiger partial charge in [-0.3, -0.25) is 9.98 Å². The van der Waals surface area contributed by atoms with Gasteiger partial charge in [0.25, 0.3) is 0 Å². The molecule has 2 rings (SSSR count). The first kappa shape index (κ1) is 49.2. The number of hydrogen-bond acceptors (Lipinski definition) is 2. The van der Waals surface area contributed by atoms with Crippen LogP contribution in [0.25, 0.3) is 0 Å². The van der Waals surface area contributed by atoms with Gasteiger partial charge in [-0.1, -0.05) is 187 Å². The number of rotatable bonds is 33. The predicted octanol–water partition coefficient (Wildman–Crippen LogP) is 17.0. The molecule has 0 bridgehead atoms. The summed E-state index contributed by atoms with van der Waals surface area (Å²) in [6.07, 6.45) is 41.8. The molecule has 53 heavy (non-hydrogen) atoms. The van der Waals surface area contributed by atoms with E-state index < -0.39 is 0 Å². The van der Waals surface area contributed by atoms with Crippen molar-refractivity contribution in [1.29, 1.82) is 0 Å². The van der Waals surface area contributed by atoms with Crippen LogP contribution in [0.5, 0.6) is 0 Å². The summed E-state index contributed by atoms with van der Waals surface area (Å²) in [5.41, 5.74) is 9.05. The maximum absolute atomic E-state index is 5.51. The van der Waals surface area contributed by atoms with Gasteiger partial charge in [-0.15, -0.1) is 0 Å². The third-order valence-corrected chi connectivity index (χ3v) is 10.6. The van der Waals surface area contributed by atoms with E-state index in [0.29, 0.717) is 0 Å². The van der Waals surface area contributed by atoms with Crippen LogP contribution in [-0.2, 0) is 39.7 Å². The van der Waals surface area contributed by atoms with Crippen LogP contribution in [0.3, 0.4) is 0 Å². The van der Waals surface area contributed by atoms with Crippen molar-refractivity contribution in [1.82, 2.24) is 0 Å². The molecule has 0 unspecified atom stereocenters. The Balaban J connectivity index is 0.0000140. The largest absolute Gasteiger partial charge is 0.252 e. The summed E-state index contributed by atoms with van der Waals surface area (Å²) in [5, 5.41) is 0. The van der Waals surface area contributed by atoms with Crippen LogP contribution in [0.4, 0.5) is 11.4 Å². The molecule has 0 spiro atoms. The Morgan fingerprint density at radius 3 is 1.57 bits per heavy atom. The first-order chi connectivity index (χ1) is 25.7. The van der Waals surface area contributed by atoms with E-state index in [1.165, 1.54) is 169 Å². The zero-order valence-electron chi connectivity index (χ0n) is 35.4.